The fraction of sp³-hybridized carbons (Fsp3) is 0.769. The van der Waals surface area contributed by atoms with E-state index in [-0.39, 0.29) is 12.8 Å². The number of amides is 2. The van der Waals surface area contributed by atoms with Crippen molar-refractivity contribution in [3.05, 3.63) is 0 Å². The summed E-state index contributed by atoms with van der Waals surface area (Å²) in [5.41, 5.74) is 0. The zero-order valence-electron chi connectivity index (χ0n) is 22.2. The highest BCUT2D eigenvalue weighted by Gasteiger charge is 2.52. The van der Waals surface area contributed by atoms with Crippen molar-refractivity contribution in [1.29, 1.82) is 0 Å². The number of aliphatic hydroxyl groups is 4. The van der Waals surface area contributed by atoms with Gasteiger partial charge in [0.2, 0.25) is 11.8 Å². The van der Waals surface area contributed by atoms with Gasteiger partial charge < -0.3 is 54.7 Å². The van der Waals surface area contributed by atoms with Gasteiger partial charge in [-0.1, -0.05) is 0 Å². The van der Waals surface area contributed by atoms with Crippen molar-refractivity contribution < 1.29 is 53.7 Å². The Bertz CT molecular complexity index is 860. The highest BCUT2D eigenvalue weighted by atomic mass is 16.7. The maximum atomic E-state index is 12.6. The SMILES string of the molecule is C#CCCCC(=O)NC1[C@H](O[C@@H]2C(CO)O[C@@H](OC)C(NC(=O)CCCC#C)[C@H]2O)OC(CO)[C@@H](OC)[C@@H]1O. The van der Waals surface area contributed by atoms with Crippen LogP contribution in [0.3, 0.4) is 0 Å². The fourth-order valence-electron chi connectivity index (χ4n) is 4.59. The van der Waals surface area contributed by atoms with E-state index in [9.17, 15) is 30.0 Å². The van der Waals surface area contributed by atoms with E-state index >= 15 is 0 Å². The molecule has 2 saturated heterocycles. The maximum absolute atomic E-state index is 12.6. The fourth-order valence-corrected chi connectivity index (χ4v) is 4.59. The van der Waals surface area contributed by atoms with Crippen LogP contribution in [0.5, 0.6) is 0 Å². The Morgan fingerprint density at radius 2 is 1.26 bits per heavy atom. The minimum atomic E-state index is -1.47. The third-order valence-electron chi connectivity index (χ3n) is 6.61. The summed E-state index contributed by atoms with van der Waals surface area (Å²) < 4.78 is 28.2. The molecule has 4 unspecified atom stereocenters. The summed E-state index contributed by atoms with van der Waals surface area (Å²) in [6.07, 6.45) is 2.36. The molecule has 0 aromatic carbocycles. The summed E-state index contributed by atoms with van der Waals surface area (Å²) in [6, 6.07) is -2.30. The van der Waals surface area contributed by atoms with Crippen LogP contribution in [-0.2, 0) is 33.3 Å². The van der Waals surface area contributed by atoms with Crippen molar-refractivity contribution in [3.8, 4) is 24.7 Å². The van der Waals surface area contributed by atoms with Crippen molar-refractivity contribution in [2.45, 2.75) is 99.8 Å². The number of unbranched alkanes of at least 4 members (excludes halogenated alkanes) is 2. The number of hydrogen-bond donors (Lipinski definition) is 6. The van der Waals surface area contributed by atoms with Crippen LogP contribution in [0.1, 0.15) is 38.5 Å². The van der Waals surface area contributed by atoms with Crippen LogP contribution in [0, 0.1) is 24.7 Å². The van der Waals surface area contributed by atoms with Gasteiger partial charge in [0.15, 0.2) is 12.6 Å². The minimum absolute atomic E-state index is 0.0684. The summed E-state index contributed by atoms with van der Waals surface area (Å²) >= 11 is 0. The lowest BCUT2D eigenvalue weighted by Gasteiger charge is -2.48. The van der Waals surface area contributed by atoms with Crippen LogP contribution in [0.15, 0.2) is 0 Å². The summed E-state index contributed by atoms with van der Waals surface area (Å²) in [5.74, 6) is 4.03. The number of hydrogen-bond acceptors (Lipinski definition) is 11. The van der Waals surface area contributed by atoms with Gasteiger partial charge in [0.05, 0.1) is 13.2 Å². The number of ether oxygens (including phenoxy) is 5. The molecule has 2 amide bonds. The van der Waals surface area contributed by atoms with E-state index in [4.69, 9.17) is 36.5 Å². The average molecular weight is 557 g/mol. The van der Waals surface area contributed by atoms with Crippen LogP contribution in [0.4, 0.5) is 0 Å². The lowest BCUT2D eigenvalue weighted by Crippen LogP contribution is -2.69. The molecule has 2 aliphatic heterocycles. The smallest absolute Gasteiger partial charge is 0.220 e. The van der Waals surface area contributed by atoms with Gasteiger partial charge >= 0.3 is 0 Å². The summed E-state index contributed by atoms with van der Waals surface area (Å²) in [4.78, 5) is 25.0. The van der Waals surface area contributed by atoms with Crippen LogP contribution in [0.25, 0.3) is 0 Å². The Labute approximate surface area is 228 Å². The molecule has 0 saturated carbocycles. The third kappa shape index (κ3) is 8.85. The molecule has 2 rings (SSSR count). The van der Waals surface area contributed by atoms with Gasteiger partial charge in [0.1, 0.15) is 48.7 Å². The van der Waals surface area contributed by atoms with E-state index < -0.39 is 86.3 Å². The van der Waals surface area contributed by atoms with Crippen molar-refractivity contribution in [1.82, 2.24) is 10.6 Å². The Morgan fingerprint density at radius 3 is 1.72 bits per heavy atom. The molecule has 13 heteroatoms. The Balaban J connectivity index is 2.27. The standard InChI is InChI=1S/C26H40N2O11/c1-5-7-9-11-17(31)27-19-22(34)24(16(14-30)37-25(19)36-4)39-26-20(28-18(32)12-10-8-6-2)21(33)23(35-3)15(13-29)38-26/h1-2,15-16,19-26,29-30,33-34H,7-14H2,3-4H3,(H,27,31)(H,28,32)/t15?,16?,19?,20?,21-,22-,23-,24-,25-,26+/m1/s1. The Hall–Kier alpha value is -2.30. The number of aliphatic hydroxyl groups excluding tert-OH is 4. The quantitative estimate of drug-likeness (QED) is 0.100. The van der Waals surface area contributed by atoms with E-state index in [2.05, 4.69) is 22.5 Å². The molecule has 0 aromatic rings. The second kappa shape index (κ2) is 16.7. The zero-order chi connectivity index (χ0) is 28.9. The van der Waals surface area contributed by atoms with Gasteiger partial charge in [0, 0.05) is 39.9 Å². The van der Waals surface area contributed by atoms with Gasteiger partial charge in [-0.25, -0.2) is 0 Å². The normalized spacial score (nSPS) is 34.5. The van der Waals surface area contributed by atoms with Crippen molar-refractivity contribution in [2.24, 2.45) is 0 Å². The lowest BCUT2D eigenvalue weighted by atomic mass is 9.94. The van der Waals surface area contributed by atoms with Crippen LogP contribution >= 0.6 is 0 Å². The lowest BCUT2D eigenvalue weighted by molar-refractivity contribution is -0.331. The second-order valence-corrected chi connectivity index (χ2v) is 9.27. The summed E-state index contributed by atoms with van der Waals surface area (Å²) in [6.45, 7) is -1.15. The van der Waals surface area contributed by atoms with Crippen molar-refractivity contribution in [3.63, 3.8) is 0 Å². The van der Waals surface area contributed by atoms with E-state index in [1.54, 1.807) is 0 Å². The van der Waals surface area contributed by atoms with Crippen molar-refractivity contribution in [2.75, 3.05) is 27.4 Å². The molecule has 0 bridgehead atoms. The molecule has 6 N–H and O–H groups in total. The Kier molecular flexibility index (Phi) is 14.1. The van der Waals surface area contributed by atoms with E-state index in [1.165, 1.54) is 14.2 Å². The molecule has 2 aliphatic rings. The number of nitrogens with one attached hydrogen (secondary N) is 2. The number of carbonyl (C=O) groups is 2. The van der Waals surface area contributed by atoms with Crippen molar-refractivity contribution >= 4 is 11.8 Å². The zero-order valence-corrected chi connectivity index (χ0v) is 22.2. The monoisotopic (exact) mass is 556 g/mol. The maximum Gasteiger partial charge on any atom is 0.220 e. The van der Waals surface area contributed by atoms with Crippen LogP contribution in [0.2, 0.25) is 0 Å². The number of rotatable bonds is 14. The third-order valence-corrected chi connectivity index (χ3v) is 6.61. The first-order valence-electron chi connectivity index (χ1n) is 12.8. The highest BCUT2D eigenvalue weighted by molar-refractivity contribution is 5.76. The summed E-state index contributed by atoms with van der Waals surface area (Å²) in [7, 11) is 2.63. The highest BCUT2D eigenvalue weighted by Crippen LogP contribution is 2.30. The molecular formula is C26H40N2O11. The predicted molar refractivity (Wildman–Crippen MR) is 135 cm³/mol. The predicted octanol–water partition coefficient (Wildman–Crippen LogP) is -2.23. The van der Waals surface area contributed by atoms with Crippen LogP contribution in [-0.4, -0.2) is 121 Å². The van der Waals surface area contributed by atoms with E-state index in [0.717, 1.165) is 0 Å². The van der Waals surface area contributed by atoms with Gasteiger partial charge in [0.25, 0.3) is 0 Å². The summed E-state index contributed by atoms with van der Waals surface area (Å²) in [5, 5.41) is 47.4. The molecule has 0 aliphatic carbocycles. The number of terminal acetylenes is 2. The van der Waals surface area contributed by atoms with Gasteiger partial charge in [-0.2, -0.15) is 0 Å². The molecule has 39 heavy (non-hydrogen) atoms. The average Bonchev–Trinajstić information content (AvgIpc) is 2.92. The first-order chi connectivity index (χ1) is 18.8. The first-order valence-corrected chi connectivity index (χ1v) is 12.8. The largest absolute Gasteiger partial charge is 0.394 e. The van der Waals surface area contributed by atoms with E-state index in [0.29, 0.717) is 25.7 Å². The molecule has 13 nitrogen and oxygen atoms in total. The molecule has 0 aromatic heterocycles. The Morgan fingerprint density at radius 1 is 0.795 bits per heavy atom. The minimum Gasteiger partial charge on any atom is -0.394 e. The molecule has 0 spiro atoms. The first kappa shape index (κ1) is 32.9. The molecule has 2 heterocycles. The number of methoxy groups -OCH3 is 2. The topological polar surface area (TPSA) is 185 Å². The molecular weight excluding hydrogens is 516 g/mol. The van der Waals surface area contributed by atoms with Crippen LogP contribution < -0.4 is 10.6 Å². The van der Waals surface area contributed by atoms with E-state index in [1.807, 2.05) is 0 Å². The van der Waals surface area contributed by atoms with Gasteiger partial charge in [-0.15, -0.1) is 24.7 Å². The van der Waals surface area contributed by atoms with Gasteiger partial charge in [-0.05, 0) is 12.8 Å². The molecule has 0 radical (unpaired) electrons. The number of carbonyl (C=O) groups excluding carboxylic acids is 2. The second-order valence-electron chi connectivity index (χ2n) is 9.27. The molecule has 2 fully saturated rings. The van der Waals surface area contributed by atoms with Gasteiger partial charge in [-0.3, -0.25) is 9.59 Å². The molecule has 10 atom stereocenters. The molecule has 220 valence electrons.